The highest BCUT2D eigenvalue weighted by Crippen LogP contribution is 2.30. The molecule has 0 saturated heterocycles. The number of likely N-dealkylation sites (N-methyl/N-ethyl adjacent to an activating group) is 1. The lowest BCUT2D eigenvalue weighted by molar-refractivity contribution is 0.414. The Kier molecular flexibility index (Phi) is 5.31. The van der Waals surface area contributed by atoms with Crippen LogP contribution in [0.1, 0.15) is 17.2 Å². The van der Waals surface area contributed by atoms with Gasteiger partial charge < -0.3 is 10.1 Å². The molecule has 0 saturated carbocycles. The lowest BCUT2D eigenvalue weighted by Crippen LogP contribution is -2.20. The van der Waals surface area contributed by atoms with Crippen LogP contribution in [-0.4, -0.2) is 14.2 Å². The van der Waals surface area contributed by atoms with Crippen molar-refractivity contribution in [3.05, 3.63) is 63.6 Å². The van der Waals surface area contributed by atoms with E-state index in [0.717, 1.165) is 17.4 Å². The molecule has 21 heavy (non-hydrogen) atoms. The van der Waals surface area contributed by atoms with E-state index in [2.05, 4.69) is 21.2 Å². The summed E-state index contributed by atoms with van der Waals surface area (Å²) in [7, 11) is 3.40. The molecule has 2 nitrogen and oxygen atoms in total. The van der Waals surface area contributed by atoms with E-state index in [9.17, 15) is 8.78 Å². The van der Waals surface area contributed by atoms with Gasteiger partial charge in [0.05, 0.1) is 11.6 Å². The SMILES string of the molecule is CNC(Cc1cccc(OC)c1)c1ccc(F)c(F)c1Br. The Balaban J connectivity index is 2.30. The van der Waals surface area contributed by atoms with Gasteiger partial charge >= 0.3 is 0 Å². The Morgan fingerprint density at radius 2 is 2.00 bits per heavy atom. The maximum Gasteiger partial charge on any atom is 0.173 e. The summed E-state index contributed by atoms with van der Waals surface area (Å²) in [6, 6.07) is 10.3. The molecular formula is C16H16BrF2NO. The molecule has 0 aromatic heterocycles. The van der Waals surface area contributed by atoms with Crippen LogP contribution in [0.25, 0.3) is 0 Å². The lowest BCUT2D eigenvalue weighted by Gasteiger charge is -2.19. The molecule has 0 aliphatic heterocycles. The van der Waals surface area contributed by atoms with Gasteiger partial charge in [0.2, 0.25) is 0 Å². The largest absolute Gasteiger partial charge is 0.497 e. The molecule has 0 fully saturated rings. The van der Waals surface area contributed by atoms with E-state index in [0.29, 0.717) is 12.0 Å². The molecule has 0 radical (unpaired) electrons. The summed E-state index contributed by atoms with van der Waals surface area (Å²) in [6.07, 6.45) is 0.636. The minimum absolute atomic E-state index is 0.137. The highest BCUT2D eigenvalue weighted by Gasteiger charge is 2.18. The quantitative estimate of drug-likeness (QED) is 0.810. The van der Waals surface area contributed by atoms with Crippen molar-refractivity contribution < 1.29 is 13.5 Å². The normalized spacial score (nSPS) is 12.2. The van der Waals surface area contributed by atoms with Crippen LogP contribution < -0.4 is 10.1 Å². The van der Waals surface area contributed by atoms with Crippen LogP contribution >= 0.6 is 15.9 Å². The Hall–Kier alpha value is -1.46. The van der Waals surface area contributed by atoms with E-state index in [1.807, 2.05) is 24.3 Å². The monoisotopic (exact) mass is 355 g/mol. The molecule has 1 N–H and O–H groups in total. The summed E-state index contributed by atoms with van der Waals surface area (Å²) < 4.78 is 32.2. The summed E-state index contributed by atoms with van der Waals surface area (Å²) in [4.78, 5) is 0. The minimum atomic E-state index is -0.863. The van der Waals surface area contributed by atoms with Gasteiger partial charge in [0, 0.05) is 6.04 Å². The summed E-state index contributed by atoms with van der Waals surface area (Å²) in [5, 5.41) is 3.13. The third kappa shape index (κ3) is 3.60. The van der Waals surface area contributed by atoms with Crippen molar-refractivity contribution in [1.82, 2.24) is 5.32 Å². The number of benzene rings is 2. The second kappa shape index (κ2) is 7.00. The smallest absolute Gasteiger partial charge is 0.173 e. The van der Waals surface area contributed by atoms with E-state index >= 15 is 0 Å². The van der Waals surface area contributed by atoms with E-state index in [1.165, 1.54) is 0 Å². The van der Waals surface area contributed by atoms with Gasteiger partial charge in [-0.2, -0.15) is 0 Å². The van der Waals surface area contributed by atoms with Crippen LogP contribution in [0.5, 0.6) is 5.75 Å². The van der Waals surface area contributed by atoms with E-state index in [4.69, 9.17) is 4.74 Å². The van der Waals surface area contributed by atoms with Gasteiger partial charge in [0.15, 0.2) is 11.6 Å². The van der Waals surface area contributed by atoms with Crippen molar-refractivity contribution in [2.45, 2.75) is 12.5 Å². The fourth-order valence-electron chi connectivity index (χ4n) is 2.21. The fourth-order valence-corrected chi connectivity index (χ4v) is 2.81. The molecule has 0 spiro atoms. The summed E-state index contributed by atoms with van der Waals surface area (Å²) in [5.74, 6) is -0.952. The average Bonchev–Trinajstić information content (AvgIpc) is 2.51. The molecule has 2 aromatic carbocycles. The number of hydrogen-bond acceptors (Lipinski definition) is 2. The molecule has 0 aliphatic carbocycles. The van der Waals surface area contributed by atoms with Gasteiger partial charge in [-0.3, -0.25) is 0 Å². The van der Waals surface area contributed by atoms with Crippen molar-refractivity contribution in [3.63, 3.8) is 0 Å². The van der Waals surface area contributed by atoms with Crippen molar-refractivity contribution in [2.24, 2.45) is 0 Å². The maximum absolute atomic E-state index is 13.7. The second-order valence-electron chi connectivity index (χ2n) is 4.66. The summed E-state index contributed by atoms with van der Waals surface area (Å²) >= 11 is 3.13. The fraction of sp³-hybridized carbons (Fsp3) is 0.250. The zero-order chi connectivity index (χ0) is 15.4. The average molecular weight is 356 g/mol. The van der Waals surface area contributed by atoms with Gasteiger partial charge in [0.25, 0.3) is 0 Å². The molecule has 112 valence electrons. The number of rotatable bonds is 5. The lowest BCUT2D eigenvalue weighted by atomic mass is 9.98. The Labute approximate surface area is 131 Å². The van der Waals surface area contributed by atoms with Crippen LogP contribution in [0.2, 0.25) is 0 Å². The molecular weight excluding hydrogens is 340 g/mol. The van der Waals surface area contributed by atoms with E-state index in [-0.39, 0.29) is 10.5 Å². The van der Waals surface area contributed by atoms with Crippen LogP contribution in [-0.2, 0) is 6.42 Å². The molecule has 0 bridgehead atoms. The Bertz CT molecular complexity index is 634. The maximum atomic E-state index is 13.7. The first-order chi connectivity index (χ1) is 10.1. The van der Waals surface area contributed by atoms with Crippen LogP contribution in [0.4, 0.5) is 8.78 Å². The van der Waals surface area contributed by atoms with Gasteiger partial charge in [-0.15, -0.1) is 0 Å². The summed E-state index contributed by atoms with van der Waals surface area (Å²) in [6.45, 7) is 0. The van der Waals surface area contributed by atoms with Crippen LogP contribution in [0, 0.1) is 11.6 Å². The number of methoxy groups -OCH3 is 1. The van der Waals surface area contributed by atoms with Crippen molar-refractivity contribution in [2.75, 3.05) is 14.2 Å². The summed E-state index contributed by atoms with van der Waals surface area (Å²) in [5.41, 5.74) is 1.73. The van der Waals surface area contributed by atoms with Crippen molar-refractivity contribution in [1.29, 1.82) is 0 Å². The highest BCUT2D eigenvalue weighted by atomic mass is 79.9. The topological polar surface area (TPSA) is 21.3 Å². The zero-order valence-electron chi connectivity index (χ0n) is 11.8. The minimum Gasteiger partial charge on any atom is -0.497 e. The van der Waals surface area contributed by atoms with Gasteiger partial charge in [-0.05, 0) is 58.7 Å². The van der Waals surface area contributed by atoms with Crippen LogP contribution in [0.3, 0.4) is 0 Å². The molecule has 0 aliphatic rings. The van der Waals surface area contributed by atoms with E-state index < -0.39 is 11.6 Å². The highest BCUT2D eigenvalue weighted by molar-refractivity contribution is 9.10. The Morgan fingerprint density at radius 3 is 2.67 bits per heavy atom. The first kappa shape index (κ1) is 15.9. The predicted octanol–water partition coefficient (Wildman–Crippen LogP) is 4.24. The standard InChI is InChI=1S/C16H16BrF2NO/c1-20-14(9-10-4-3-5-11(8-10)21-2)12-6-7-13(18)16(19)15(12)17/h3-8,14,20H,9H2,1-2H3. The Morgan fingerprint density at radius 1 is 1.24 bits per heavy atom. The predicted molar refractivity (Wildman–Crippen MR) is 82.6 cm³/mol. The molecule has 1 unspecified atom stereocenters. The molecule has 0 amide bonds. The second-order valence-corrected chi connectivity index (χ2v) is 5.45. The van der Waals surface area contributed by atoms with Gasteiger partial charge in [0.1, 0.15) is 5.75 Å². The number of halogens is 3. The number of ether oxygens (including phenoxy) is 1. The molecule has 1 atom stereocenters. The van der Waals surface area contributed by atoms with Crippen LogP contribution in [0.15, 0.2) is 40.9 Å². The van der Waals surface area contributed by atoms with E-state index in [1.54, 1.807) is 20.2 Å². The molecule has 0 heterocycles. The molecule has 2 rings (SSSR count). The zero-order valence-corrected chi connectivity index (χ0v) is 13.4. The number of hydrogen-bond donors (Lipinski definition) is 1. The van der Waals surface area contributed by atoms with Gasteiger partial charge in [-0.1, -0.05) is 18.2 Å². The molecule has 5 heteroatoms. The first-order valence-corrected chi connectivity index (χ1v) is 7.29. The van der Waals surface area contributed by atoms with Crippen molar-refractivity contribution in [3.8, 4) is 5.75 Å². The van der Waals surface area contributed by atoms with Gasteiger partial charge in [-0.25, -0.2) is 8.78 Å². The third-order valence-electron chi connectivity index (χ3n) is 3.36. The first-order valence-electron chi connectivity index (χ1n) is 6.50. The third-order valence-corrected chi connectivity index (χ3v) is 4.17. The number of nitrogens with one attached hydrogen (secondary N) is 1. The molecule has 2 aromatic rings. The van der Waals surface area contributed by atoms with Crippen molar-refractivity contribution >= 4 is 15.9 Å².